The molecule has 0 radical (unpaired) electrons. The summed E-state index contributed by atoms with van der Waals surface area (Å²) in [4.78, 5) is 24.1. The van der Waals surface area contributed by atoms with E-state index in [1.807, 2.05) is 6.92 Å². The fraction of sp³-hybridized carbons (Fsp3) is 0.714. The molecular weight excluding hydrogens is 272 g/mol. The molecule has 1 saturated carbocycles. The van der Waals surface area contributed by atoms with E-state index in [-0.39, 0.29) is 17.2 Å². The molecule has 0 spiro atoms. The third-order valence-electron chi connectivity index (χ3n) is 3.63. The van der Waals surface area contributed by atoms with Crippen molar-refractivity contribution in [2.45, 2.75) is 32.7 Å². The summed E-state index contributed by atoms with van der Waals surface area (Å²) in [6.07, 6.45) is 3.28. The fourth-order valence-corrected chi connectivity index (χ4v) is 2.17. The van der Waals surface area contributed by atoms with Crippen molar-refractivity contribution in [1.82, 2.24) is 9.13 Å². The topological polar surface area (TPSA) is 91.3 Å². The first-order valence-corrected chi connectivity index (χ1v) is 7.47. The van der Waals surface area contributed by atoms with E-state index in [0.29, 0.717) is 19.7 Å². The number of nitrogens with two attached hydrogens (primary N) is 1. The number of aromatic nitrogens is 2. The number of hydrogen-bond donors (Lipinski definition) is 2. The number of ether oxygens (including phenoxy) is 1. The van der Waals surface area contributed by atoms with Crippen LogP contribution in [0.1, 0.15) is 26.2 Å². The Hall–Kier alpha value is -1.76. The van der Waals surface area contributed by atoms with Gasteiger partial charge in [0.05, 0.1) is 6.61 Å². The van der Waals surface area contributed by atoms with Gasteiger partial charge in [0.2, 0.25) is 0 Å². The molecule has 0 atom stereocenters. The molecule has 1 aromatic rings. The maximum atomic E-state index is 12.1. The molecule has 0 bridgehead atoms. The van der Waals surface area contributed by atoms with E-state index in [2.05, 4.69) is 5.32 Å². The van der Waals surface area contributed by atoms with E-state index in [4.69, 9.17) is 10.5 Å². The molecule has 1 aliphatic carbocycles. The summed E-state index contributed by atoms with van der Waals surface area (Å²) < 4.78 is 8.02. The van der Waals surface area contributed by atoms with Gasteiger partial charge >= 0.3 is 5.69 Å². The van der Waals surface area contributed by atoms with E-state index in [1.165, 1.54) is 24.5 Å². The Morgan fingerprint density at radius 3 is 2.71 bits per heavy atom. The number of nitrogen functional groups attached to an aromatic ring is 1. The Bertz CT molecular complexity index is 601. The summed E-state index contributed by atoms with van der Waals surface area (Å²) >= 11 is 0. The number of nitrogens with one attached hydrogen (secondary N) is 1. The van der Waals surface area contributed by atoms with Crippen molar-refractivity contribution in [1.29, 1.82) is 0 Å². The molecule has 7 nitrogen and oxygen atoms in total. The molecule has 1 aromatic heterocycles. The van der Waals surface area contributed by atoms with Crippen LogP contribution < -0.4 is 22.3 Å². The molecule has 1 fully saturated rings. The normalized spacial score (nSPS) is 14.4. The summed E-state index contributed by atoms with van der Waals surface area (Å²) in [7, 11) is 1.46. The maximum Gasteiger partial charge on any atom is 0.332 e. The maximum absolute atomic E-state index is 12.1. The van der Waals surface area contributed by atoms with Gasteiger partial charge < -0.3 is 15.8 Å². The Balaban J connectivity index is 2.06. The minimum atomic E-state index is -0.396. The van der Waals surface area contributed by atoms with Gasteiger partial charge in [-0.1, -0.05) is 6.92 Å². The molecule has 21 heavy (non-hydrogen) atoms. The molecule has 7 heteroatoms. The van der Waals surface area contributed by atoms with Crippen LogP contribution in [0, 0.1) is 5.92 Å². The van der Waals surface area contributed by atoms with Crippen molar-refractivity contribution in [3.05, 3.63) is 20.8 Å². The highest BCUT2D eigenvalue weighted by Crippen LogP contribution is 2.28. The smallest absolute Gasteiger partial charge is 0.332 e. The van der Waals surface area contributed by atoms with E-state index in [9.17, 15) is 9.59 Å². The lowest BCUT2D eigenvalue weighted by atomic mass is 10.4. The summed E-state index contributed by atoms with van der Waals surface area (Å²) in [5, 5.41) is 3.00. The minimum Gasteiger partial charge on any atom is -0.383 e. The van der Waals surface area contributed by atoms with Gasteiger partial charge in [-0.2, -0.15) is 0 Å². The van der Waals surface area contributed by atoms with Crippen LogP contribution in [0.25, 0.3) is 0 Å². The quantitative estimate of drug-likeness (QED) is 0.677. The van der Waals surface area contributed by atoms with E-state index in [0.717, 1.165) is 23.5 Å². The standard InChI is InChI=1S/C14H24N4O3/c1-3-7-18-12(15)11(13(19)17(2)14(18)20)16-6-8-21-9-10-4-5-10/h10,16H,3-9,15H2,1-2H3. The van der Waals surface area contributed by atoms with Crippen LogP contribution in [0.5, 0.6) is 0 Å². The van der Waals surface area contributed by atoms with Gasteiger partial charge in [0.1, 0.15) is 11.5 Å². The predicted octanol–water partition coefficient (Wildman–Crippen LogP) is 0.378. The third-order valence-corrected chi connectivity index (χ3v) is 3.63. The van der Waals surface area contributed by atoms with Crippen molar-refractivity contribution in [2.75, 3.05) is 30.8 Å². The summed E-state index contributed by atoms with van der Waals surface area (Å²) in [5.74, 6) is 0.918. The molecule has 0 aromatic carbocycles. The van der Waals surface area contributed by atoms with Gasteiger partial charge in [-0.25, -0.2) is 4.79 Å². The minimum absolute atomic E-state index is 0.201. The molecule has 2 rings (SSSR count). The van der Waals surface area contributed by atoms with Crippen LogP contribution >= 0.6 is 0 Å². The zero-order chi connectivity index (χ0) is 15.4. The Kier molecular flexibility index (Phi) is 5.06. The lowest BCUT2D eigenvalue weighted by molar-refractivity contribution is 0.134. The van der Waals surface area contributed by atoms with Crippen molar-refractivity contribution < 1.29 is 4.74 Å². The van der Waals surface area contributed by atoms with Crippen LogP contribution in [-0.4, -0.2) is 28.9 Å². The second-order valence-corrected chi connectivity index (χ2v) is 5.50. The van der Waals surface area contributed by atoms with Gasteiger partial charge in [-0.15, -0.1) is 0 Å². The van der Waals surface area contributed by atoms with Crippen LogP contribution in [-0.2, 0) is 18.3 Å². The van der Waals surface area contributed by atoms with Crippen LogP contribution in [0.4, 0.5) is 11.5 Å². The Morgan fingerprint density at radius 2 is 2.10 bits per heavy atom. The van der Waals surface area contributed by atoms with Gasteiger partial charge in [-0.3, -0.25) is 13.9 Å². The van der Waals surface area contributed by atoms with Crippen molar-refractivity contribution >= 4 is 11.5 Å². The number of nitrogens with zero attached hydrogens (tertiary/aromatic N) is 2. The average Bonchev–Trinajstić information content (AvgIpc) is 3.28. The molecule has 118 valence electrons. The summed E-state index contributed by atoms with van der Waals surface area (Å²) in [5.41, 5.74) is 5.46. The first-order valence-electron chi connectivity index (χ1n) is 7.47. The van der Waals surface area contributed by atoms with Crippen molar-refractivity contribution in [3.63, 3.8) is 0 Å². The molecule has 1 aliphatic rings. The molecule has 0 amide bonds. The molecule has 0 aliphatic heterocycles. The van der Waals surface area contributed by atoms with E-state index < -0.39 is 5.56 Å². The first kappa shape index (κ1) is 15.6. The van der Waals surface area contributed by atoms with Gasteiger partial charge in [-0.05, 0) is 25.2 Å². The summed E-state index contributed by atoms with van der Waals surface area (Å²) in [6, 6.07) is 0. The van der Waals surface area contributed by atoms with Crippen LogP contribution in [0.15, 0.2) is 9.59 Å². The van der Waals surface area contributed by atoms with E-state index in [1.54, 1.807) is 0 Å². The lowest BCUT2D eigenvalue weighted by Crippen LogP contribution is -2.41. The van der Waals surface area contributed by atoms with Gasteiger partial charge in [0.15, 0.2) is 0 Å². The predicted molar refractivity (Wildman–Crippen MR) is 82.7 cm³/mol. The van der Waals surface area contributed by atoms with Crippen molar-refractivity contribution in [3.8, 4) is 0 Å². The zero-order valence-corrected chi connectivity index (χ0v) is 12.7. The van der Waals surface area contributed by atoms with Crippen LogP contribution in [0.2, 0.25) is 0 Å². The molecule has 3 N–H and O–H groups in total. The monoisotopic (exact) mass is 296 g/mol. The number of hydrogen-bond acceptors (Lipinski definition) is 5. The van der Waals surface area contributed by atoms with Crippen molar-refractivity contribution in [2.24, 2.45) is 13.0 Å². The number of rotatable bonds is 8. The number of anilines is 2. The highest BCUT2D eigenvalue weighted by Gasteiger charge is 2.21. The zero-order valence-electron chi connectivity index (χ0n) is 12.7. The highest BCUT2D eigenvalue weighted by atomic mass is 16.5. The molecule has 0 unspecified atom stereocenters. The second-order valence-electron chi connectivity index (χ2n) is 5.50. The molecule has 1 heterocycles. The van der Waals surface area contributed by atoms with Gasteiger partial charge in [0, 0.05) is 26.7 Å². The van der Waals surface area contributed by atoms with E-state index >= 15 is 0 Å². The second kappa shape index (κ2) is 6.80. The van der Waals surface area contributed by atoms with Gasteiger partial charge in [0.25, 0.3) is 5.56 Å². The SMILES string of the molecule is CCCn1c(N)c(NCCOCC2CC2)c(=O)n(C)c1=O. The Labute approximate surface area is 123 Å². The molecule has 0 saturated heterocycles. The lowest BCUT2D eigenvalue weighted by Gasteiger charge is -2.15. The largest absolute Gasteiger partial charge is 0.383 e. The average molecular weight is 296 g/mol. The first-order chi connectivity index (χ1) is 10.1. The summed E-state index contributed by atoms with van der Waals surface area (Å²) in [6.45, 7) is 4.24. The Morgan fingerprint density at radius 1 is 1.38 bits per heavy atom. The third kappa shape index (κ3) is 3.66. The fourth-order valence-electron chi connectivity index (χ4n) is 2.17. The molecular formula is C14H24N4O3. The van der Waals surface area contributed by atoms with Crippen LogP contribution in [0.3, 0.4) is 0 Å². The highest BCUT2D eigenvalue weighted by molar-refractivity contribution is 5.60.